The number of pyridine rings is 1. The molecule has 4 aromatic rings. The maximum Gasteiger partial charge on any atom is 0.247 e. The Balaban J connectivity index is 1.74. The average molecular weight is 489 g/mol. The molecule has 0 aliphatic rings. The summed E-state index contributed by atoms with van der Waals surface area (Å²) in [5.74, 6) is 0.566. The molecule has 0 atom stereocenters. The van der Waals surface area contributed by atoms with Crippen molar-refractivity contribution < 1.29 is 9.53 Å². The number of carbonyl (C=O) groups is 1. The SMILES string of the molecule is C=CC(=O)Nc1cc(-c2c(-c3ccc(OCCCN(C)C)cc3)[nH]c3nccc(Cl)c23)ccc1C. The molecule has 2 aromatic carbocycles. The molecule has 1 amide bonds. The van der Waals surface area contributed by atoms with Crippen LogP contribution in [0.5, 0.6) is 5.75 Å². The van der Waals surface area contributed by atoms with E-state index < -0.39 is 0 Å². The van der Waals surface area contributed by atoms with Crippen LogP contribution in [0.1, 0.15) is 12.0 Å². The molecule has 4 rings (SSSR count). The summed E-state index contributed by atoms with van der Waals surface area (Å²) in [4.78, 5) is 22.1. The third kappa shape index (κ3) is 5.56. The Hall–Kier alpha value is -3.61. The van der Waals surface area contributed by atoms with Crippen LogP contribution in [0.3, 0.4) is 0 Å². The molecule has 0 aliphatic heterocycles. The van der Waals surface area contributed by atoms with Crippen LogP contribution < -0.4 is 10.1 Å². The number of hydrogen-bond acceptors (Lipinski definition) is 4. The van der Waals surface area contributed by atoms with Crippen molar-refractivity contribution >= 4 is 34.2 Å². The lowest BCUT2D eigenvalue weighted by Gasteiger charge is -2.12. The van der Waals surface area contributed by atoms with Gasteiger partial charge in [0.15, 0.2) is 0 Å². The van der Waals surface area contributed by atoms with Gasteiger partial charge in [-0.25, -0.2) is 4.98 Å². The van der Waals surface area contributed by atoms with E-state index in [2.05, 4.69) is 40.9 Å². The average Bonchev–Trinajstić information content (AvgIpc) is 3.24. The number of halogens is 1. The first-order chi connectivity index (χ1) is 16.9. The molecule has 0 fully saturated rings. The quantitative estimate of drug-likeness (QED) is 0.214. The first-order valence-corrected chi connectivity index (χ1v) is 11.8. The largest absolute Gasteiger partial charge is 0.494 e. The number of H-pyrrole nitrogens is 1. The number of ether oxygens (including phenoxy) is 1. The maximum absolute atomic E-state index is 12.0. The van der Waals surface area contributed by atoms with Crippen LogP contribution in [0.2, 0.25) is 5.02 Å². The van der Waals surface area contributed by atoms with Gasteiger partial charge in [-0.1, -0.05) is 30.3 Å². The van der Waals surface area contributed by atoms with Gasteiger partial charge < -0.3 is 19.9 Å². The summed E-state index contributed by atoms with van der Waals surface area (Å²) in [7, 11) is 4.11. The minimum Gasteiger partial charge on any atom is -0.494 e. The van der Waals surface area contributed by atoms with Gasteiger partial charge in [-0.05, 0) is 86.6 Å². The predicted molar refractivity (Wildman–Crippen MR) is 144 cm³/mol. The molecule has 35 heavy (non-hydrogen) atoms. The highest BCUT2D eigenvalue weighted by atomic mass is 35.5. The summed E-state index contributed by atoms with van der Waals surface area (Å²) in [6.07, 6.45) is 3.90. The van der Waals surface area contributed by atoms with E-state index in [1.807, 2.05) is 49.4 Å². The van der Waals surface area contributed by atoms with Gasteiger partial charge in [0.1, 0.15) is 11.4 Å². The Morgan fingerprint density at radius 1 is 1.17 bits per heavy atom. The van der Waals surface area contributed by atoms with E-state index in [9.17, 15) is 4.79 Å². The second-order valence-corrected chi connectivity index (χ2v) is 9.05. The molecule has 2 heterocycles. The second kappa shape index (κ2) is 10.8. The van der Waals surface area contributed by atoms with E-state index in [0.717, 1.165) is 52.0 Å². The molecular weight excluding hydrogens is 460 g/mol. The van der Waals surface area contributed by atoms with Crippen LogP contribution in [0.25, 0.3) is 33.4 Å². The number of nitrogens with zero attached hydrogens (tertiary/aromatic N) is 2. The molecule has 0 saturated heterocycles. The fraction of sp³-hybridized carbons (Fsp3) is 0.214. The van der Waals surface area contributed by atoms with Gasteiger partial charge in [0.2, 0.25) is 5.91 Å². The van der Waals surface area contributed by atoms with Crippen LogP contribution >= 0.6 is 11.6 Å². The number of carbonyl (C=O) groups excluding carboxylic acids is 1. The van der Waals surface area contributed by atoms with Gasteiger partial charge in [0.05, 0.1) is 17.3 Å². The minimum absolute atomic E-state index is 0.259. The molecule has 7 heteroatoms. The van der Waals surface area contributed by atoms with Gasteiger partial charge in [0.25, 0.3) is 0 Å². The number of anilines is 1. The number of nitrogens with one attached hydrogen (secondary N) is 2. The van der Waals surface area contributed by atoms with E-state index in [-0.39, 0.29) is 5.91 Å². The van der Waals surface area contributed by atoms with Crippen LogP contribution in [-0.4, -0.2) is 48.0 Å². The summed E-state index contributed by atoms with van der Waals surface area (Å²) in [6, 6.07) is 15.7. The van der Waals surface area contributed by atoms with Crippen molar-refractivity contribution in [3.05, 3.63) is 78.0 Å². The number of amides is 1. The smallest absolute Gasteiger partial charge is 0.247 e. The van der Waals surface area contributed by atoms with Gasteiger partial charge in [-0.3, -0.25) is 4.79 Å². The summed E-state index contributed by atoms with van der Waals surface area (Å²) in [5.41, 5.74) is 6.07. The normalized spacial score (nSPS) is 11.1. The van der Waals surface area contributed by atoms with E-state index in [0.29, 0.717) is 23.0 Å². The lowest BCUT2D eigenvalue weighted by atomic mass is 9.97. The van der Waals surface area contributed by atoms with Crippen LogP contribution in [0.4, 0.5) is 5.69 Å². The molecule has 0 spiro atoms. The lowest BCUT2D eigenvalue weighted by Crippen LogP contribution is -2.15. The van der Waals surface area contributed by atoms with E-state index in [4.69, 9.17) is 16.3 Å². The first kappa shape index (κ1) is 24.5. The van der Waals surface area contributed by atoms with Crippen molar-refractivity contribution in [2.24, 2.45) is 0 Å². The zero-order valence-electron chi connectivity index (χ0n) is 20.2. The summed E-state index contributed by atoms with van der Waals surface area (Å²) >= 11 is 6.64. The minimum atomic E-state index is -0.259. The van der Waals surface area contributed by atoms with E-state index in [1.165, 1.54) is 6.08 Å². The number of rotatable bonds is 9. The maximum atomic E-state index is 12.0. The number of aromatic nitrogens is 2. The molecule has 0 saturated carbocycles. The van der Waals surface area contributed by atoms with Crippen molar-refractivity contribution in [2.45, 2.75) is 13.3 Å². The molecule has 0 bridgehead atoms. The number of hydrogen-bond donors (Lipinski definition) is 2. The van der Waals surface area contributed by atoms with Crippen LogP contribution in [-0.2, 0) is 4.79 Å². The Labute approximate surface area is 210 Å². The zero-order chi connectivity index (χ0) is 24.9. The third-order valence-corrected chi connectivity index (χ3v) is 6.09. The molecule has 0 aliphatic carbocycles. The predicted octanol–water partition coefficient (Wildman–Crippen LogP) is 6.31. The summed E-state index contributed by atoms with van der Waals surface area (Å²) in [5, 5.41) is 4.32. The summed E-state index contributed by atoms with van der Waals surface area (Å²) in [6.45, 7) is 7.14. The van der Waals surface area contributed by atoms with Crippen molar-refractivity contribution in [1.29, 1.82) is 0 Å². The molecule has 2 aromatic heterocycles. The summed E-state index contributed by atoms with van der Waals surface area (Å²) < 4.78 is 5.90. The molecular formula is C28H29ClN4O2. The molecule has 6 nitrogen and oxygen atoms in total. The van der Waals surface area contributed by atoms with Gasteiger partial charge in [-0.2, -0.15) is 0 Å². The van der Waals surface area contributed by atoms with Gasteiger partial charge in [-0.15, -0.1) is 0 Å². The topological polar surface area (TPSA) is 70.2 Å². The highest BCUT2D eigenvalue weighted by Crippen LogP contribution is 2.42. The standard InChI is InChI=1S/C28H29ClN4O2/c1-5-24(34)31-23-17-20(8-7-18(23)2)25-26-22(29)13-14-30-28(26)32-27(25)19-9-11-21(12-10-19)35-16-6-15-33(3)4/h5,7-14,17H,1,6,15-16H2,2-4H3,(H,30,32)(H,31,34). The van der Waals surface area contributed by atoms with Crippen molar-refractivity contribution in [2.75, 3.05) is 32.6 Å². The number of fused-ring (bicyclic) bond motifs is 1. The molecule has 0 unspecified atom stereocenters. The Morgan fingerprint density at radius 3 is 2.63 bits per heavy atom. The zero-order valence-corrected chi connectivity index (χ0v) is 20.9. The monoisotopic (exact) mass is 488 g/mol. The molecule has 180 valence electrons. The molecule has 2 N–H and O–H groups in total. The fourth-order valence-electron chi connectivity index (χ4n) is 3.97. The van der Waals surface area contributed by atoms with Crippen molar-refractivity contribution in [3.8, 4) is 28.1 Å². The van der Waals surface area contributed by atoms with Crippen LogP contribution in [0, 0.1) is 6.92 Å². The molecule has 0 radical (unpaired) electrons. The van der Waals surface area contributed by atoms with Gasteiger partial charge >= 0.3 is 0 Å². The van der Waals surface area contributed by atoms with Crippen molar-refractivity contribution in [3.63, 3.8) is 0 Å². The second-order valence-electron chi connectivity index (χ2n) is 8.64. The highest BCUT2D eigenvalue weighted by molar-refractivity contribution is 6.36. The first-order valence-electron chi connectivity index (χ1n) is 11.5. The Bertz CT molecular complexity index is 1360. The van der Waals surface area contributed by atoms with Gasteiger partial charge in [0, 0.05) is 29.4 Å². The Morgan fingerprint density at radius 2 is 1.91 bits per heavy atom. The van der Waals surface area contributed by atoms with Crippen LogP contribution in [0.15, 0.2) is 67.4 Å². The number of aromatic amines is 1. The van der Waals surface area contributed by atoms with E-state index >= 15 is 0 Å². The fourth-order valence-corrected chi connectivity index (χ4v) is 4.21. The Kier molecular flexibility index (Phi) is 7.54. The van der Waals surface area contributed by atoms with E-state index in [1.54, 1.807) is 12.3 Å². The lowest BCUT2D eigenvalue weighted by molar-refractivity contribution is -0.111. The number of benzene rings is 2. The van der Waals surface area contributed by atoms with Crippen molar-refractivity contribution in [1.82, 2.24) is 14.9 Å². The highest BCUT2D eigenvalue weighted by Gasteiger charge is 2.19. The third-order valence-electron chi connectivity index (χ3n) is 5.77. The number of aryl methyl sites for hydroxylation is 1.